The van der Waals surface area contributed by atoms with Crippen molar-refractivity contribution >= 4 is 45.1 Å². The highest BCUT2D eigenvalue weighted by Crippen LogP contribution is 2.44. The van der Waals surface area contributed by atoms with Crippen molar-refractivity contribution in [3.63, 3.8) is 0 Å². The first kappa shape index (κ1) is 12.6. The molecule has 0 spiro atoms. The summed E-state index contributed by atoms with van der Waals surface area (Å²) in [4.78, 5) is 11.5. The number of benzene rings is 1. The van der Waals surface area contributed by atoms with Crippen molar-refractivity contribution in [2.45, 2.75) is 0 Å². The lowest BCUT2D eigenvalue weighted by molar-refractivity contribution is 0.566. The average Bonchev–Trinajstić information content (AvgIpc) is 2.32. The van der Waals surface area contributed by atoms with Crippen LogP contribution in [0.4, 0.5) is 34.1 Å². The number of hydrogen-bond donors (Lipinski definition) is 5. The Balaban J connectivity index is 3.12. The maximum Gasteiger partial charge on any atom is 0.361 e. The summed E-state index contributed by atoms with van der Waals surface area (Å²) in [5.41, 5.74) is 26.9. The van der Waals surface area contributed by atoms with Crippen LogP contribution >= 0.6 is 0 Å². The summed E-state index contributed by atoms with van der Waals surface area (Å²) in [6.45, 7) is 0. The Bertz CT molecular complexity index is 737. The second-order valence-corrected chi connectivity index (χ2v) is 4.01. The molecule has 9 nitrogen and oxygen atoms in total. The average molecular weight is 265 g/mol. The van der Waals surface area contributed by atoms with Crippen LogP contribution in [0.2, 0.25) is 0 Å². The molecule has 102 valence electrons. The topological polar surface area (TPSA) is 187 Å². The predicted molar refractivity (Wildman–Crippen MR) is 76.3 cm³/mol. The number of hydrogen-bond acceptors (Lipinski definition) is 9. The molecule has 1 heterocycles. The van der Waals surface area contributed by atoms with E-state index < -0.39 is 5.63 Å². The van der Waals surface area contributed by atoms with Crippen LogP contribution in [-0.2, 0) is 0 Å². The summed E-state index contributed by atoms with van der Waals surface area (Å²) in [5, 5.41) is 12.0. The van der Waals surface area contributed by atoms with E-state index in [1.807, 2.05) is 0 Å². The van der Waals surface area contributed by atoms with Crippen molar-refractivity contribution in [2.75, 3.05) is 40.8 Å². The Morgan fingerprint density at radius 2 is 1.47 bits per heavy atom. The molecule has 19 heavy (non-hydrogen) atoms. The van der Waals surface area contributed by atoms with Crippen molar-refractivity contribution in [1.82, 2.24) is 0 Å². The second kappa shape index (κ2) is 3.85. The normalized spacial score (nSPS) is 10.8. The van der Waals surface area contributed by atoms with Gasteiger partial charge >= 0.3 is 5.63 Å². The van der Waals surface area contributed by atoms with E-state index in [1.165, 1.54) is 7.05 Å². The van der Waals surface area contributed by atoms with Gasteiger partial charge in [0.05, 0.1) is 28.1 Å². The molecular formula is C10H13N6O3-. The van der Waals surface area contributed by atoms with E-state index in [0.29, 0.717) is 5.06 Å². The zero-order chi connectivity index (χ0) is 14.5. The Morgan fingerprint density at radius 1 is 0.947 bits per heavy atom. The second-order valence-electron chi connectivity index (χ2n) is 4.01. The molecule has 0 bridgehead atoms. The first-order chi connectivity index (χ1) is 8.77. The number of fused-ring (bicyclic) bond motifs is 1. The molecule has 0 radical (unpaired) electrons. The van der Waals surface area contributed by atoms with Gasteiger partial charge in [0.2, 0.25) is 0 Å². The zero-order valence-electron chi connectivity index (χ0n) is 10.1. The van der Waals surface area contributed by atoms with E-state index in [1.54, 1.807) is 0 Å². The van der Waals surface area contributed by atoms with E-state index in [-0.39, 0.29) is 45.1 Å². The van der Waals surface area contributed by atoms with Gasteiger partial charge in [-0.25, -0.2) is 4.79 Å². The standard InChI is InChI=1S/C10H13N6O3/c1-16(18)8-5(13)3(11)2-4(12)6(14)10(17)19-9(2)7(8)15/h11-15H2,1H3/q-1. The van der Waals surface area contributed by atoms with Crippen LogP contribution in [0.25, 0.3) is 11.0 Å². The minimum absolute atomic E-state index is 0.0187. The van der Waals surface area contributed by atoms with Gasteiger partial charge < -0.3 is 43.4 Å². The third-order valence-electron chi connectivity index (χ3n) is 2.83. The highest BCUT2D eigenvalue weighted by Gasteiger charge is 2.20. The number of nitrogens with zero attached hydrogens (tertiary/aromatic N) is 1. The lowest BCUT2D eigenvalue weighted by Crippen LogP contribution is -2.16. The number of hydroxylamine groups is 1. The fourth-order valence-corrected chi connectivity index (χ4v) is 1.88. The molecule has 0 aliphatic rings. The van der Waals surface area contributed by atoms with Gasteiger partial charge in [-0.1, -0.05) is 0 Å². The largest absolute Gasteiger partial charge is 0.758 e. The molecule has 1 aromatic heterocycles. The summed E-state index contributed by atoms with van der Waals surface area (Å²) in [5.74, 6) is 0. The predicted octanol–water partition coefficient (Wildman–Crippen LogP) is -0.362. The van der Waals surface area contributed by atoms with Gasteiger partial charge in [-0.15, -0.1) is 0 Å². The van der Waals surface area contributed by atoms with Gasteiger partial charge in [0.1, 0.15) is 11.4 Å². The summed E-state index contributed by atoms with van der Waals surface area (Å²) < 4.78 is 4.94. The van der Waals surface area contributed by atoms with Gasteiger partial charge in [0.25, 0.3) is 0 Å². The van der Waals surface area contributed by atoms with Crippen LogP contribution in [0, 0.1) is 5.21 Å². The van der Waals surface area contributed by atoms with E-state index in [4.69, 9.17) is 33.1 Å². The molecule has 0 atom stereocenters. The van der Waals surface area contributed by atoms with Crippen molar-refractivity contribution in [1.29, 1.82) is 0 Å². The molecule has 10 N–H and O–H groups in total. The molecule has 1 aromatic carbocycles. The van der Waals surface area contributed by atoms with Gasteiger partial charge in [-0.05, 0) is 7.05 Å². The number of rotatable bonds is 1. The summed E-state index contributed by atoms with van der Waals surface area (Å²) in [7, 11) is 1.19. The van der Waals surface area contributed by atoms with Crippen LogP contribution < -0.4 is 39.4 Å². The zero-order valence-corrected chi connectivity index (χ0v) is 10.1. The molecule has 0 fully saturated rings. The molecular weight excluding hydrogens is 252 g/mol. The smallest absolute Gasteiger partial charge is 0.361 e. The van der Waals surface area contributed by atoms with Crippen LogP contribution in [0.3, 0.4) is 0 Å². The first-order valence-electron chi connectivity index (χ1n) is 5.16. The lowest BCUT2D eigenvalue weighted by atomic mass is 10.1. The van der Waals surface area contributed by atoms with E-state index >= 15 is 0 Å². The fraction of sp³-hybridized carbons (Fsp3) is 0.100. The van der Waals surface area contributed by atoms with E-state index in [0.717, 1.165) is 0 Å². The molecule has 2 aromatic rings. The molecule has 0 unspecified atom stereocenters. The Morgan fingerprint density at radius 3 is 2.00 bits per heavy atom. The van der Waals surface area contributed by atoms with E-state index in [2.05, 4.69) is 0 Å². The molecule has 0 amide bonds. The SMILES string of the molecule is CN([O-])c1c(N)c(N)c2c(N)c(N)c(=O)oc2c1N. The molecule has 9 heteroatoms. The fourth-order valence-electron chi connectivity index (χ4n) is 1.88. The molecule has 2 rings (SSSR count). The molecule has 0 aliphatic carbocycles. The quantitative estimate of drug-likeness (QED) is 0.260. The number of nitrogens with two attached hydrogens (primary N) is 5. The van der Waals surface area contributed by atoms with Crippen LogP contribution in [0.1, 0.15) is 0 Å². The third-order valence-corrected chi connectivity index (χ3v) is 2.83. The van der Waals surface area contributed by atoms with Crippen LogP contribution in [0.15, 0.2) is 9.21 Å². The highest BCUT2D eigenvalue weighted by atomic mass is 16.5. The van der Waals surface area contributed by atoms with Crippen molar-refractivity contribution in [3.05, 3.63) is 15.6 Å². The minimum atomic E-state index is -0.861. The van der Waals surface area contributed by atoms with Gasteiger partial charge in [0.15, 0.2) is 5.58 Å². The number of nitrogen functional groups attached to an aromatic ring is 5. The minimum Gasteiger partial charge on any atom is -0.758 e. The third kappa shape index (κ3) is 1.56. The summed E-state index contributed by atoms with van der Waals surface area (Å²) in [6.07, 6.45) is 0. The van der Waals surface area contributed by atoms with Gasteiger partial charge in [0, 0.05) is 0 Å². The first-order valence-corrected chi connectivity index (χ1v) is 5.16. The van der Waals surface area contributed by atoms with Crippen molar-refractivity contribution in [2.24, 2.45) is 0 Å². The van der Waals surface area contributed by atoms with Crippen molar-refractivity contribution < 1.29 is 4.42 Å². The van der Waals surface area contributed by atoms with Gasteiger partial charge in [-0.2, -0.15) is 0 Å². The Labute approximate surface area is 107 Å². The molecule has 0 saturated carbocycles. The highest BCUT2D eigenvalue weighted by molar-refractivity contribution is 6.15. The molecule has 0 aliphatic heterocycles. The van der Waals surface area contributed by atoms with Crippen LogP contribution in [0.5, 0.6) is 0 Å². The van der Waals surface area contributed by atoms with Gasteiger partial charge in [-0.3, -0.25) is 0 Å². The monoisotopic (exact) mass is 265 g/mol. The van der Waals surface area contributed by atoms with E-state index in [9.17, 15) is 10.0 Å². The molecule has 0 saturated heterocycles. The Kier molecular flexibility index (Phi) is 2.56. The maximum absolute atomic E-state index is 11.5. The van der Waals surface area contributed by atoms with Crippen LogP contribution in [-0.4, -0.2) is 7.05 Å². The number of anilines is 6. The Hall–Kier alpha value is -2.81. The summed E-state index contributed by atoms with van der Waals surface area (Å²) >= 11 is 0. The maximum atomic E-state index is 11.5. The summed E-state index contributed by atoms with van der Waals surface area (Å²) in [6, 6.07) is 0. The van der Waals surface area contributed by atoms with Crippen molar-refractivity contribution in [3.8, 4) is 0 Å². The lowest BCUT2D eigenvalue weighted by Gasteiger charge is -2.29.